The maximum absolute atomic E-state index is 11.2. The predicted molar refractivity (Wildman–Crippen MR) is 70.4 cm³/mol. The molecule has 0 fully saturated rings. The van der Waals surface area contributed by atoms with Crippen LogP contribution in [0, 0.1) is 18.3 Å². The lowest BCUT2D eigenvalue weighted by molar-refractivity contribution is -0.140. The summed E-state index contributed by atoms with van der Waals surface area (Å²) in [5.41, 5.74) is 2.57. The standard InChI is InChI=1S/C14H18N2O2/c1-4-16(8-7-14(17)18-3)13-6-5-11(2)9-12(13)10-15/h5-6,9H,4,7-8H2,1-3H3. The van der Waals surface area contributed by atoms with Gasteiger partial charge in [0.1, 0.15) is 6.07 Å². The van der Waals surface area contributed by atoms with E-state index in [-0.39, 0.29) is 5.97 Å². The van der Waals surface area contributed by atoms with Crippen LogP contribution in [0.1, 0.15) is 24.5 Å². The van der Waals surface area contributed by atoms with E-state index in [0.717, 1.165) is 17.8 Å². The first-order valence-corrected chi connectivity index (χ1v) is 5.94. The Morgan fingerprint density at radius 3 is 2.78 bits per heavy atom. The van der Waals surface area contributed by atoms with Gasteiger partial charge in [-0.05, 0) is 31.5 Å². The van der Waals surface area contributed by atoms with Crippen LogP contribution in [0.25, 0.3) is 0 Å². The van der Waals surface area contributed by atoms with E-state index in [1.807, 2.05) is 36.9 Å². The fourth-order valence-electron chi connectivity index (χ4n) is 1.79. The van der Waals surface area contributed by atoms with Gasteiger partial charge in [-0.15, -0.1) is 0 Å². The quantitative estimate of drug-likeness (QED) is 0.748. The van der Waals surface area contributed by atoms with E-state index in [9.17, 15) is 4.79 Å². The zero-order valence-corrected chi connectivity index (χ0v) is 11.1. The van der Waals surface area contributed by atoms with Crippen LogP contribution in [-0.4, -0.2) is 26.2 Å². The molecule has 0 aromatic heterocycles. The number of esters is 1. The first kappa shape index (κ1) is 14.0. The average molecular weight is 246 g/mol. The third-order valence-electron chi connectivity index (χ3n) is 2.81. The molecule has 1 aromatic rings. The molecule has 0 heterocycles. The second kappa shape index (κ2) is 6.65. The summed E-state index contributed by atoms with van der Waals surface area (Å²) in [4.78, 5) is 13.2. The van der Waals surface area contributed by atoms with Crippen LogP contribution in [0.2, 0.25) is 0 Å². The summed E-state index contributed by atoms with van der Waals surface area (Å²) in [7, 11) is 1.38. The number of benzene rings is 1. The van der Waals surface area contributed by atoms with Crippen LogP contribution in [0.4, 0.5) is 5.69 Å². The fraction of sp³-hybridized carbons (Fsp3) is 0.429. The van der Waals surface area contributed by atoms with Crippen molar-refractivity contribution in [3.05, 3.63) is 29.3 Å². The number of hydrogen-bond acceptors (Lipinski definition) is 4. The predicted octanol–water partition coefficient (Wildman–Crippen LogP) is 2.26. The van der Waals surface area contributed by atoms with Crippen molar-refractivity contribution < 1.29 is 9.53 Å². The van der Waals surface area contributed by atoms with E-state index in [4.69, 9.17) is 5.26 Å². The molecule has 0 aliphatic rings. The number of anilines is 1. The Kier molecular flexibility index (Phi) is 5.19. The van der Waals surface area contributed by atoms with Crippen LogP contribution in [-0.2, 0) is 9.53 Å². The molecule has 0 aliphatic heterocycles. The Morgan fingerprint density at radius 2 is 2.22 bits per heavy atom. The van der Waals surface area contributed by atoms with Gasteiger partial charge in [0.15, 0.2) is 0 Å². The van der Waals surface area contributed by atoms with Gasteiger partial charge in [-0.25, -0.2) is 0 Å². The zero-order chi connectivity index (χ0) is 13.5. The molecule has 0 saturated carbocycles. The van der Waals surface area contributed by atoms with Crippen LogP contribution < -0.4 is 4.90 Å². The summed E-state index contributed by atoms with van der Waals surface area (Å²) >= 11 is 0. The number of carbonyl (C=O) groups excluding carboxylic acids is 1. The third-order valence-corrected chi connectivity index (χ3v) is 2.81. The maximum atomic E-state index is 11.2. The molecule has 0 aliphatic carbocycles. The normalized spacial score (nSPS) is 9.67. The monoisotopic (exact) mass is 246 g/mol. The van der Waals surface area contributed by atoms with E-state index >= 15 is 0 Å². The van der Waals surface area contributed by atoms with Crippen molar-refractivity contribution in [3.63, 3.8) is 0 Å². The Balaban J connectivity index is 2.88. The summed E-state index contributed by atoms with van der Waals surface area (Å²) < 4.78 is 4.63. The van der Waals surface area contributed by atoms with Gasteiger partial charge in [0.05, 0.1) is 24.8 Å². The highest BCUT2D eigenvalue weighted by Gasteiger charge is 2.11. The molecule has 0 amide bonds. The first-order chi connectivity index (χ1) is 8.62. The van der Waals surface area contributed by atoms with E-state index in [1.54, 1.807) is 0 Å². The lowest BCUT2D eigenvalue weighted by atomic mass is 10.1. The van der Waals surface area contributed by atoms with Crippen LogP contribution >= 0.6 is 0 Å². The third kappa shape index (κ3) is 3.49. The van der Waals surface area contributed by atoms with E-state index < -0.39 is 0 Å². The molecule has 0 radical (unpaired) electrons. The second-order valence-corrected chi connectivity index (χ2v) is 4.04. The van der Waals surface area contributed by atoms with Crippen molar-refractivity contribution in [3.8, 4) is 6.07 Å². The van der Waals surface area contributed by atoms with Gasteiger partial charge in [0, 0.05) is 13.1 Å². The number of methoxy groups -OCH3 is 1. The number of aryl methyl sites for hydroxylation is 1. The molecule has 1 aromatic carbocycles. The van der Waals surface area contributed by atoms with Gasteiger partial charge >= 0.3 is 5.97 Å². The lowest BCUT2D eigenvalue weighted by Gasteiger charge is -2.23. The van der Waals surface area contributed by atoms with Crippen molar-refractivity contribution in [2.24, 2.45) is 0 Å². The number of hydrogen-bond donors (Lipinski definition) is 0. The van der Waals surface area contributed by atoms with E-state index in [2.05, 4.69) is 10.8 Å². The molecular weight excluding hydrogens is 228 g/mol. The fourth-order valence-corrected chi connectivity index (χ4v) is 1.79. The SMILES string of the molecule is CCN(CCC(=O)OC)c1ccc(C)cc1C#N. The minimum absolute atomic E-state index is 0.237. The van der Waals surface area contributed by atoms with Gasteiger partial charge in [0.25, 0.3) is 0 Å². The first-order valence-electron chi connectivity index (χ1n) is 5.94. The summed E-state index contributed by atoms with van der Waals surface area (Å²) in [6, 6.07) is 7.95. The van der Waals surface area contributed by atoms with Gasteiger partial charge in [0.2, 0.25) is 0 Å². The van der Waals surface area contributed by atoms with E-state index in [0.29, 0.717) is 18.5 Å². The van der Waals surface area contributed by atoms with Gasteiger partial charge in [-0.2, -0.15) is 5.26 Å². The Labute approximate surface area is 108 Å². The molecule has 0 bridgehead atoms. The molecule has 96 valence electrons. The van der Waals surface area contributed by atoms with E-state index in [1.165, 1.54) is 7.11 Å². The van der Waals surface area contributed by atoms with Crippen LogP contribution in [0.5, 0.6) is 0 Å². The van der Waals surface area contributed by atoms with Crippen molar-refractivity contribution in [1.29, 1.82) is 5.26 Å². The molecule has 1 rings (SSSR count). The number of rotatable bonds is 5. The van der Waals surface area contributed by atoms with Gasteiger partial charge in [-0.1, -0.05) is 6.07 Å². The van der Waals surface area contributed by atoms with Crippen molar-refractivity contribution in [2.45, 2.75) is 20.3 Å². The molecule has 4 nitrogen and oxygen atoms in total. The zero-order valence-electron chi connectivity index (χ0n) is 11.1. The smallest absolute Gasteiger partial charge is 0.307 e. The van der Waals surface area contributed by atoms with Crippen molar-refractivity contribution >= 4 is 11.7 Å². The molecule has 0 saturated heterocycles. The molecule has 18 heavy (non-hydrogen) atoms. The highest BCUT2D eigenvalue weighted by Crippen LogP contribution is 2.21. The Morgan fingerprint density at radius 1 is 1.50 bits per heavy atom. The molecule has 0 N–H and O–H groups in total. The summed E-state index contributed by atoms with van der Waals surface area (Å²) in [5.74, 6) is -0.237. The Hall–Kier alpha value is -2.02. The number of carbonyl (C=O) groups is 1. The number of ether oxygens (including phenoxy) is 1. The summed E-state index contributed by atoms with van der Waals surface area (Å²) in [5, 5.41) is 9.14. The average Bonchev–Trinajstić information content (AvgIpc) is 2.40. The molecule has 0 unspecified atom stereocenters. The van der Waals surface area contributed by atoms with Crippen LogP contribution in [0.15, 0.2) is 18.2 Å². The highest BCUT2D eigenvalue weighted by molar-refractivity contribution is 5.70. The van der Waals surface area contributed by atoms with Crippen molar-refractivity contribution in [1.82, 2.24) is 0 Å². The Bertz CT molecular complexity index is 463. The minimum atomic E-state index is -0.237. The van der Waals surface area contributed by atoms with Crippen LogP contribution in [0.3, 0.4) is 0 Å². The van der Waals surface area contributed by atoms with Gasteiger partial charge < -0.3 is 9.64 Å². The molecule has 4 heteroatoms. The molecule has 0 spiro atoms. The van der Waals surface area contributed by atoms with Crippen molar-refractivity contribution in [2.75, 3.05) is 25.1 Å². The maximum Gasteiger partial charge on any atom is 0.307 e. The van der Waals surface area contributed by atoms with Gasteiger partial charge in [-0.3, -0.25) is 4.79 Å². The minimum Gasteiger partial charge on any atom is -0.469 e. The second-order valence-electron chi connectivity index (χ2n) is 4.04. The highest BCUT2D eigenvalue weighted by atomic mass is 16.5. The summed E-state index contributed by atoms with van der Waals surface area (Å²) in [6.07, 6.45) is 0.323. The lowest BCUT2D eigenvalue weighted by Crippen LogP contribution is -2.26. The molecular formula is C14H18N2O2. The topological polar surface area (TPSA) is 53.3 Å². The largest absolute Gasteiger partial charge is 0.469 e. The molecule has 0 atom stereocenters. The number of nitrogens with zero attached hydrogens (tertiary/aromatic N) is 2. The number of nitriles is 1. The summed E-state index contributed by atoms with van der Waals surface area (Å²) in [6.45, 7) is 5.25.